The molecule has 1 aliphatic rings. The second kappa shape index (κ2) is 6.90. The van der Waals surface area contributed by atoms with Crippen molar-refractivity contribution in [1.82, 2.24) is 15.2 Å². The highest BCUT2D eigenvalue weighted by molar-refractivity contribution is 6.33. The first-order valence-corrected chi connectivity index (χ1v) is 7.36. The molecule has 1 amide bonds. The molecule has 6 heteroatoms. The number of carbonyl (C=O) groups is 1. The topological polar surface area (TPSA) is 57.3 Å². The minimum atomic E-state index is -0.109. The summed E-state index contributed by atoms with van der Waals surface area (Å²) in [4.78, 5) is 18.6. The van der Waals surface area contributed by atoms with Crippen molar-refractivity contribution in [3.05, 3.63) is 22.8 Å². The third-order valence-corrected chi connectivity index (χ3v) is 3.66. The van der Waals surface area contributed by atoms with E-state index in [4.69, 9.17) is 11.6 Å². The molecule has 110 valence electrons. The van der Waals surface area contributed by atoms with E-state index in [-0.39, 0.29) is 11.9 Å². The molecule has 0 saturated carbocycles. The second-order valence-corrected chi connectivity index (χ2v) is 5.61. The van der Waals surface area contributed by atoms with E-state index >= 15 is 0 Å². The van der Waals surface area contributed by atoms with Gasteiger partial charge >= 0.3 is 0 Å². The van der Waals surface area contributed by atoms with Crippen molar-refractivity contribution < 1.29 is 4.79 Å². The van der Waals surface area contributed by atoms with Crippen molar-refractivity contribution >= 4 is 23.3 Å². The Morgan fingerprint density at radius 1 is 1.60 bits per heavy atom. The van der Waals surface area contributed by atoms with Crippen molar-refractivity contribution in [2.45, 2.75) is 25.8 Å². The lowest BCUT2D eigenvalue weighted by Gasteiger charge is -2.13. The lowest BCUT2D eigenvalue weighted by atomic mass is 10.2. The van der Waals surface area contributed by atoms with Gasteiger partial charge in [0.15, 0.2) is 0 Å². The van der Waals surface area contributed by atoms with Crippen LogP contribution in [0.3, 0.4) is 0 Å². The lowest BCUT2D eigenvalue weighted by molar-refractivity contribution is 0.0938. The molecule has 1 saturated heterocycles. The zero-order chi connectivity index (χ0) is 14.5. The molecule has 0 aliphatic carbocycles. The summed E-state index contributed by atoms with van der Waals surface area (Å²) in [6, 6.07) is 1.88. The maximum atomic E-state index is 12.1. The van der Waals surface area contributed by atoms with Crippen LogP contribution in [0.1, 0.15) is 30.1 Å². The van der Waals surface area contributed by atoms with Crippen LogP contribution in [-0.4, -0.2) is 48.5 Å². The molecular weight excluding hydrogens is 276 g/mol. The van der Waals surface area contributed by atoms with Gasteiger partial charge in [0.2, 0.25) is 0 Å². The van der Waals surface area contributed by atoms with Crippen LogP contribution in [0.25, 0.3) is 0 Å². The predicted molar refractivity (Wildman–Crippen MR) is 81.4 cm³/mol. The van der Waals surface area contributed by atoms with Gasteiger partial charge in [-0.2, -0.15) is 0 Å². The van der Waals surface area contributed by atoms with Crippen LogP contribution in [0.15, 0.2) is 12.3 Å². The van der Waals surface area contributed by atoms with Crippen LogP contribution >= 0.6 is 11.6 Å². The van der Waals surface area contributed by atoms with E-state index in [0.29, 0.717) is 16.4 Å². The smallest absolute Gasteiger partial charge is 0.253 e. The van der Waals surface area contributed by atoms with Gasteiger partial charge in [0.05, 0.1) is 10.6 Å². The molecule has 1 fully saturated rings. The van der Waals surface area contributed by atoms with Gasteiger partial charge in [0.25, 0.3) is 5.91 Å². The highest BCUT2D eigenvalue weighted by atomic mass is 35.5. The van der Waals surface area contributed by atoms with Gasteiger partial charge in [-0.15, -0.1) is 0 Å². The van der Waals surface area contributed by atoms with E-state index in [1.807, 2.05) is 0 Å². The predicted octanol–water partition coefficient (Wildman–Crippen LogP) is 1.99. The molecule has 20 heavy (non-hydrogen) atoms. The highest BCUT2D eigenvalue weighted by Crippen LogP contribution is 2.20. The fourth-order valence-corrected chi connectivity index (χ4v) is 2.49. The first-order valence-electron chi connectivity index (χ1n) is 6.99. The van der Waals surface area contributed by atoms with Crippen LogP contribution in [0.5, 0.6) is 0 Å². The SMILES string of the molecule is CCCNc1ncc(C(=O)NC2CCN(C)C2)cc1Cl. The number of amides is 1. The van der Waals surface area contributed by atoms with E-state index in [1.165, 1.54) is 0 Å². The van der Waals surface area contributed by atoms with Gasteiger partial charge < -0.3 is 15.5 Å². The summed E-state index contributed by atoms with van der Waals surface area (Å²) in [5.74, 6) is 0.521. The van der Waals surface area contributed by atoms with Crippen LogP contribution in [-0.2, 0) is 0 Å². The molecule has 1 unspecified atom stereocenters. The number of likely N-dealkylation sites (tertiary alicyclic amines) is 1. The highest BCUT2D eigenvalue weighted by Gasteiger charge is 2.21. The van der Waals surface area contributed by atoms with Crippen LogP contribution in [0.2, 0.25) is 5.02 Å². The fraction of sp³-hybridized carbons (Fsp3) is 0.571. The Hall–Kier alpha value is -1.33. The van der Waals surface area contributed by atoms with Gasteiger partial charge in [-0.05, 0) is 32.5 Å². The van der Waals surface area contributed by atoms with E-state index in [1.54, 1.807) is 12.3 Å². The molecule has 0 radical (unpaired) electrons. The maximum absolute atomic E-state index is 12.1. The minimum Gasteiger partial charge on any atom is -0.369 e. The summed E-state index contributed by atoms with van der Waals surface area (Å²) >= 11 is 6.14. The number of aromatic nitrogens is 1. The van der Waals surface area contributed by atoms with Gasteiger partial charge in [0.1, 0.15) is 5.82 Å². The summed E-state index contributed by atoms with van der Waals surface area (Å²) in [5, 5.41) is 6.62. The number of hydrogen-bond donors (Lipinski definition) is 2. The van der Waals surface area contributed by atoms with Crippen molar-refractivity contribution in [3.63, 3.8) is 0 Å². The molecule has 0 bridgehead atoms. The van der Waals surface area contributed by atoms with E-state index in [9.17, 15) is 4.79 Å². The quantitative estimate of drug-likeness (QED) is 0.872. The molecule has 0 aromatic carbocycles. The lowest BCUT2D eigenvalue weighted by Crippen LogP contribution is -2.36. The molecule has 2 N–H and O–H groups in total. The van der Waals surface area contributed by atoms with E-state index in [2.05, 4.69) is 34.5 Å². The average molecular weight is 297 g/mol. The first-order chi connectivity index (χ1) is 9.60. The summed E-state index contributed by atoms with van der Waals surface area (Å²) in [6.07, 6.45) is 3.55. The zero-order valence-corrected chi connectivity index (χ0v) is 12.7. The molecular formula is C14H21ClN4O. The minimum absolute atomic E-state index is 0.109. The maximum Gasteiger partial charge on any atom is 0.253 e. The second-order valence-electron chi connectivity index (χ2n) is 5.20. The first kappa shape index (κ1) is 15.1. The number of halogens is 1. The monoisotopic (exact) mass is 296 g/mol. The number of hydrogen-bond acceptors (Lipinski definition) is 4. The number of nitrogens with one attached hydrogen (secondary N) is 2. The number of anilines is 1. The van der Waals surface area contributed by atoms with Crippen molar-refractivity contribution in [1.29, 1.82) is 0 Å². The number of rotatable bonds is 5. The molecule has 2 heterocycles. The molecule has 5 nitrogen and oxygen atoms in total. The number of nitrogens with zero attached hydrogens (tertiary/aromatic N) is 2. The van der Waals surface area contributed by atoms with Crippen LogP contribution in [0, 0.1) is 0 Å². The van der Waals surface area contributed by atoms with Gasteiger partial charge in [-0.25, -0.2) is 4.98 Å². The Bertz CT molecular complexity index is 480. The molecule has 2 rings (SSSR count). The fourth-order valence-electron chi connectivity index (χ4n) is 2.26. The summed E-state index contributed by atoms with van der Waals surface area (Å²) in [5.41, 5.74) is 0.506. The standard InChI is InChI=1S/C14H21ClN4O/c1-3-5-16-13-12(15)7-10(8-17-13)14(20)18-11-4-6-19(2)9-11/h7-8,11H,3-6,9H2,1-2H3,(H,16,17)(H,18,20). The molecule has 1 aromatic rings. The van der Waals surface area contributed by atoms with E-state index in [0.717, 1.165) is 32.5 Å². The summed E-state index contributed by atoms with van der Waals surface area (Å²) in [6.45, 7) is 4.79. The molecule has 1 aromatic heterocycles. The molecule has 0 spiro atoms. The Balaban J connectivity index is 1.98. The summed E-state index contributed by atoms with van der Waals surface area (Å²) in [7, 11) is 2.05. The third-order valence-electron chi connectivity index (χ3n) is 3.37. The summed E-state index contributed by atoms with van der Waals surface area (Å²) < 4.78 is 0. The Kier molecular flexibility index (Phi) is 5.20. The van der Waals surface area contributed by atoms with Crippen molar-refractivity contribution in [2.24, 2.45) is 0 Å². The van der Waals surface area contributed by atoms with Crippen LogP contribution in [0.4, 0.5) is 5.82 Å². The Morgan fingerprint density at radius 2 is 2.40 bits per heavy atom. The van der Waals surface area contributed by atoms with Crippen molar-refractivity contribution in [3.8, 4) is 0 Å². The van der Waals surface area contributed by atoms with Crippen LogP contribution < -0.4 is 10.6 Å². The van der Waals surface area contributed by atoms with Gasteiger partial charge in [-0.1, -0.05) is 18.5 Å². The number of pyridine rings is 1. The Labute approximate surface area is 124 Å². The van der Waals surface area contributed by atoms with Crippen molar-refractivity contribution in [2.75, 3.05) is 32.0 Å². The zero-order valence-electron chi connectivity index (χ0n) is 11.9. The van der Waals surface area contributed by atoms with Gasteiger partial charge in [-0.3, -0.25) is 4.79 Å². The third kappa shape index (κ3) is 3.84. The number of carbonyl (C=O) groups excluding carboxylic acids is 1. The van der Waals surface area contributed by atoms with E-state index < -0.39 is 0 Å². The molecule has 1 atom stereocenters. The normalized spacial score (nSPS) is 19.1. The number of likely N-dealkylation sites (N-methyl/N-ethyl adjacent to an activating group) is 1. The van der Waals surface area contributed by atoms with Gasteiger partial charge in [0, 0.05) is 25.3 Å². The largest absolute Gasteiger partial charge is 0.369 e. The Morgan fingerprint density at radius 3 is 3.00 bits per heavy atom. The molecule has 1 aliphatic heterocycles. The average Bonchev–Trinajstić information content (AvgIpc) is 2.82.